The minimum Gasteiger partial charge on any atom is -0.352 e. The highest BCUT2D eigenvalue weighted by Gasteiger charge is 2.27. The average Bonchev–Trinajstić information content (AvgIpc) is 3.47. The van der Waals surface area contributed by atoms with Crippen LogP contribution in [0, 0.1) is 6.92 Å². The third kappa shape index (κ3) is 5.55. The highest BCUT2D eigenvalue weighted by atomic mass is 32.2. The maximum absolute atomic E-state index is 12.2. The minimum atomic E-state index is -3.40. The second kappa shape index (κ2) is 8.54. The second-order valence-electron chi connectivity index (χ2n) is 6.75. The van der Waals surface area contributed by atoms with E-state index in [0.29, 0.717) is 23.9 Å². The van der Waals surface area contributed by atoms with Gasteiger partial charge in [0.1, 0.15) is 0 Å². The van der Waals surface area contributed by atoms with Gasteiger partial charge in [0.25, 0.3) is 0 Å². The molecular weight excluding hydrogens is 360 g/mol. The Hall–Kier alpha value is -2.38. The normalized spacial score (nSPS) is 14.8. The lowest BCUT2D eigenvalue weighted by Gasteiger charge is -2.13. The molecule has 0 amide bonds. The van der Waals surface area contributed by atoms with E-state index in [4.69, 9.17) is 0 Å². The summed E-state index contributed by atoms with van der Waals surface area (Å²) in [4.78, 5) is 4.54. The Morgan fingerprint density at radius 2 is 1.70 bits per heavy atom. The van der Waals surface area contributed by atoms with E-state index >= 15 is 0 Å². The van der Waals surface area contributed by atoms with Crippen LogP contribution in [0.25, 0.3) is 0 Å². The van der Waals surface area contributed by atoms with E-state index in [9.17, 15) is 8.42 Å². The van der Waals surface area contributed by atoms with Crippen LogP contribution in [0.15, 0.2) is 58.4 Å². The van der Waals surface area contributed by atoms with Gasteiger partial charge in [-0.2, -0.15) is 0 Å². The number of benzene rings is 2. The molecule has 0 atom stereocenters. The lowest BCUT2D eigenvalue weighted by molar-refractivity contribution is 0.581. The van der Waals surface area contributed by atoms with Gasteiger partial charge < -0.3 is 10.6 Å². The first-order valence-electron chi connectivity index (χ1n) is 9.08. The molecule has 6 nitrogen and oxygen atoms in total. The number of aryl methyl sites for hydroxylation is 1. The molecule has 2 aromatic carbocycles. The van der Waals surface area contributed by atoms with Gasteiger partial charge in [-0.25, -0.2) is 13.1 Å². The summed E-state index contributed by atoms with van der Waals surface area (Å²) in [5.74, 6) is 0.699. The summed E-state index contributed by atoms with van der Waals surface area (Å²) in [7, 11) is -1.67. The van der Waals surface area contributed by atoms with Crippen molar-refractivity contribution in [3.63, 3.8) is 0 Å². The molecule has 1 saturated carbocycles. The lowest BCUT2D eigenvalue weighted by atomic mass is 10.1. The van der Waals surface area contributed by atoms with Gasteiger partial charge in [-0.1, -0.05) is 36.4 Å². The number of nitrogens with zero attached hydrogens (tertiary/aromatic N) is 1. The maximum Gasteiger partial charge on any atom is 0.240 e. The predicted octanol–water partition coefficient (Wildman–Crippen LogP) is 2.30. The van der Waals surface area contributed by atoms with Crippen molar-refractivity contribution >= 4 is 16.0 Å². The fourth-order valence-corrected chi connectivity index (χ4v) is 3.97. The minimum absolute atomic E-state index is 0.110. The van der Waals surface area contributed by atoms with Crippen LogP contribution < -0.4 is 15.4 Å². The molecule has 0 spiro atoms. The Morgan fingerprint density at radius 3 is 2.33 bits per heavy atom. The van der Waals surface area contributed by atoms with E-state index in [1.54, 1.807) is 19.2 Å². The van der Waals surface area contributed by atoms with Crippen LogP contribution in [-0.2, 0) is 23.1 Å². The molecule has 144 valence electrons. The summed E-state index contributed by atoms with van der Waals surface area (Å²) in [5.41, 5.74) is 3.44. The van der Waals surface area contributed by atoms with Gasteiger partial charge in [0.05, 0.1) is 4.90 Å². The number of rotatable bonds is 7. The smallest absolute Gasteiger partial charge is 0.240 e. The SMILES string of the molecule is CN=C(NCc1ccc(S(=O)(=O)NC2CC2)cc1)NCc1ccccc1C. The lowest BCUT2D eigenvalue weighted by Crippen LogP contribution is -2.36. The molecule has 0 saturated heterocycles. The van der Waals surface area contributed by atoms with Crippen molar-refractivity contribution < 1.29 is 8.42 Å². The Bertz CT molecular complexity index is 904. The molecule has 7 heteroatoms. The Labute approximate surface area is 161 Å². The standard InChI is InChI=1S/C20H26N4O2S/c1-15-5-3-4-6-17(15)14-23-20(21-2)22-13-16-7-11-19(12-8-16)27(25,26)24-18-9-10-18/h3-8,11-12,18,24H,9-10,13-14H2,1-2H3,(H2,21,22,23). The van der Waals surface area contributed by atoms with Crippen LogP contribution in [0.5, 0.6) is 0 Å². The van der Waals surface area contributed by atoms with E-state index in [1.165, 1.54) is 11.1 Å². The number of hydrogen-bond donors (Lipinski definition) is 3. The van der Waals surface area contributed by atoms with E-state index in [2.05, 4.69) is 39.4 Å². The third-order valence-electron chi connectivity index (χ3n) is 4.52. The second-order valence-corrected chi connectivity index (χ2v) is 8.46. The Morgan fingerprint density at radius 1 is 1.04 bits per heavy atom. The number of hydrogen-bond acceptors (Lipinski definition) is 3. The van der Waals surface area contributed by atoms with Crippen LogP contribution in [0.1, 0.15) is 29.5 Å². The van der Waals surface area contributed by atoms with Gasteiger partial charge in [-0.3, -0.25) is 4.99 Å². The van der Waals surface area contributed by atoms with E-state index in [0.717, 1.165) is 18.4 Å². The van der Waals surface area contributed by atoms with E-state index in [1.807, 2.05) is 24.3 Å². The highest BCUT2D eigenvalue weighted by molar-refractivity contribution is 7.89. The molecule has 1 fully saturated rings. The van der Waals surface area contributed by atoms with Gasteiger partial charge in [0.2, 0.25) is 10.0 Å². The van der Waals surface area contributed by atoms with E-state index < -0.39 is 10.0 Å². The molecule has 0 unspecified atom stereocenters. The first-order valence-corrected chi connectivity index (χ1v) is 10.6. The average molecular weight is 387 g/mol. The molecule has 0 aromatic heterocycles. The van der Waals surface area contributed by atoms with Gasteiger partial charge >= 0.3 is 0 Å². The molecule has 0 bridgehead atoms. The van der Waals surface area contributed by atoms with Crippen molar-refractivity contribution in [1.29, 1.82) is 0 Å². The first kappa shape index (κ1) is 19.4. The number of sulfonamides is 1. The summed E-state index contributed by atoms with van der Waals surface area (Å²) in [6, 6.07) is 15.3. The third-order valence-corrected chi connectivity index (χ3v) is 6.06. The van der Waals surface area contributed by atoms with Crippen molar-refractivity contribution in [3.05, 3.63) is 65.2 Å². The quantitative estimate of drug-likeness (QED) is 0.504. The van der Waals surface area contributed by atoms with Gasteiger partial charge in [-0.15, -0.1) is 0 Å². The predicted molar refractivity (Wildman–Crippen MR) is 108 cm³/mol. The van der Waals surface area contributed by atoms with Crippen molar-refractivity contribution in [1.82, 2.24) is 15.4 Å². The molecule has 3 rings (SSSR count). The summed E-state index contributed by atoms with van der Waals surface area (Å²) in [6.07, 6.45) is 1.85. The summed E-state index contributed by atoms with van der Waals surface area (Å²) in [5, 5.41) is 6.54. The highest BCUT2D eigenvalue weighted by Crippen LogP contribution is 2.22. The molecule has 1 aliphatic rings. The molecular formula is C20H26N4O2S. The van der Waals surface area contributed by atoms with Crippen molar-refractivity contribution in [2.45, 2.75) is 43.8 Å². The monoisotopic (exact) mass is 386 g/mol. The zero-order chi connectivity index (χ0) is 19.3. The van der Waals surface area contributed by atoms with Gasteiger partial charge in [0, 0.05) is 26.2 Å². The van der Waals surface area contributed by atoms with E-state index in [-0.39, 0.29) is 6.04 Å². The summed E-state index contributed by atoms with van der Waals surface area (Å²) >= 11 is 0. The molecule has 0 aliphatic heterocycles. The largest absolute Gasteiger partial charge is 0.352 e. The molecule has 0 radical (unpaired) electrons. The Balaban J connectivity index is 1.53. The number of nitrogens with one attached hydrogen (secondary N) is 3. The topological polar surface area (TPSA) is 82.6 Å². The fraction of sp³-hybridized carbons (Fsp3) is 0.350. The Kier molecular flexibility index (Phi) is 6.13. The molecule has 27 heavy (non-hydrogen) atoms. The fourth-order valence-electron chi connectivity index (χ4n) is 2.67. The maximum atomic E-state index is 12.2. The molecule has 3 N–H and O–H groups in total. The van der Waals surface area contributed by atoms with Crippen molar-refractivity contribution in [3.8, 4) is 0 Å². The summed E-state index contributed by atoms with van der Waals surface area (Å²) < 4.78 is 27.1. The molecule has 2 aromatic rings. The zero-order valence-electron chi connectivity index (χ0n) is 15.7. The number of aliphatic imine (C=N–C) groups is 1. The van der Waals surface area contributed by atoms with Crippen LogP contribution in [0.3, 0.4) is 0 Å². The molecule has 1 aliphatic carbocycles. The van der Waals surface area contributed by atoms with Crippen LogP contribution in [-0.4, -0.2) is 27.5 Å². The van der Waals surface area contributed by atoms with Crippen LogP contribution in [0.4, 0.5) is 0 Å². The zero-order valence-corrected chi connectivity index (χ0v) is 16.5. The van der Waals surface area contributed by atoms with Gasteiger partial charge in [-0.05, 0) is 48.6 Å². The van der Waals surface area contributed by atoms with Crippen LogP contribution in [0.2, 0.25) is 0 Å². The summed E-state index contributed by atoms with van der Waals surface area (Å²) in [6.45, 7) is 3.33. The molecule has 0 heterocycles. The first-order chi connectivity index (χ1) is 13.0. The van der Waals surface area contributed by atoms with Crippen LogP contribution >= 0.6 is 0 Å². The van der Waals surface area contributed by atoms with Gasteiger partial charge in [0.15, 0.2) is 5.96 Å². The van der Waals surface area contributed by atoms with Crippen molar-refractivity contribution in [2.24, 2.45) is 4.99 Å². The van der Waals surface area contributed by atoms with Crippen molar-refractivity contribution in [2.75, 3.05) is 7.05 Å². The number of guanidine groups is 1.